The predicted octanol–water partition coefficient (Wildman–Crippen LogP) is 2.08. The first-order chi connectivity index (χ1) is 9.10. The number of hydrogen-bond acceptors (Lipinski definition) is 4. The number of benzene rings is 1. The van der Waals surface area contributed by atoms with E-state index in [1.807, 2.05) is 0 Å². The number of hydrogen-bond donors (Lipinski definition) is 1. The lowest BCUT2D eigenvalue weighted by Gasteiger charge is -2.06. The van der Waals surface area contributed by atoms with Crippen LogP contribution < -0.4 is 9.47 Å². The number of aliphatic carboxylic acids is 1. The quantitative estimate of drug-likeness (QED) is 0.893. The molecule has 0 spiro atoms. The summed E-state index contributed by atoms with van der Waals surface area (Å²) >= 11 is 0. The smallest absolute Gasteiger partial charge is 0.325 e. The van der Waals surface area contributed by atoms with E-state index in [0.717, 1.165) is 5.75 Å². The maximum Gasteiger partial charge on any atom is 0.325 e. The van der Waals surface area contributed by atoms with Crippen LogP contribution in [0, 0.1) is 6.92 Å². The van der Waals surface area contributed by atoms with Gasteiger partial charge in [0.25, 0.3) is 0 Å². The fraction of sp³-hybridized carbons (Fsp3) is 0.231. The van der Waals surface area contributed by atoms with Gasteiger partial charge in [-0.05, 0) is 31.2 Å². The summed E-state index contributed by atoms with van der Waals surface area (Å²) in [6.07, 6.45) is 1.50. The van der Waals surface area contributed by atoms with Crippen molar-refractivity contribution in [2.24, 2.45) is 0 Å². The zero-order valence-corrected chi connectivity index (χ0v) is 10.7. The number of nitrogens with zero attached hydrogens (tertiary/aromatic N) is 2. The molecule has 1 heterocycles. The summed E-state index contributed by atoms with van der Waals surface area (Å²) < 4.78 is 12.1. The number of carboxylic acids is 1. The van der Waals surface area contributed by atoms with Gasteiger partial charge in [-0.15, -0.1) is 0 Å². The maximum atomic E-state index is 10.6. The van der Waals surface area contributed by atoms with E-state index < -0.39 is 5.97 Å². The molecule has 0 radical (unpaired) electrons. The Balaban J connectivity index is 2.14. The topological polar surface area (TPSA) is 73.6 Å². The molecule has 0 fully saturated rings. The highest BCUT2D eigenvalue weighted by molar-refractivity contribution is 5.66. The monoisotopic (exact) mass is 262 g/mol. The van der Waals surface area contributed by atoms with E-state index in [4.69, 9.17) is 14.6 Å². The Kier molecular flexibility index (Phi) is 3.70. The molecular weight excluding hydrogens is 248 g/mol. The van der Waals surface area contributed by atoms with E-state index >= 15 is 0 Å². The highest BCUT2D eigenvalue weighted by atomic mass is 16.5. The largest absolute Gasteiger partial charge is 0.497 e. The Hall–Kier alpha value is -2.50. The molecule has 0 aliphatic rings. The summed E-state index contributed by atoms with van der Waals surface area (Å²) in [4.78, 5) is 10.6. The van der Waals surface area contributed by atoms with Crippen molar-refractivity contribution in [2.75, 3.05) is 7.11 Å². The number of rotatable bonds is 5. The molecule has 6 heteroatoms. The Labute approximate surface area is 110 Å². The summed E-state index contributed by atoms with van der Waals surface area (Å²) in [6, 6.07) is 7.11. The van der Waals surface area contributed by atoms with Crippen molar-refractivity contribution in [3.8, 4) is 17.2 Å². The lowest BCUT2D eigenvalue weighted by atomic mass is 10.3. The molecular formula is C13H14N2O4. The highest BCUT2D eigenvalue weighted by Gasteiger charge is 2.10. The van der Waals surface area contributed by atoms with Gasteiger partial charge in [0.1, 0.15) is 18.0 Å². The van der Waals surface area contributed by atoms with Crippen LogP contribution in [0.4, 0.5) is 0 Å². The van der Waals surface area contributed by atoms with Crippen LogP contribution in [0.3, 0.4) is 0 Å². The normalized spacial score (nSPS) is 10.2. The second-order valence-corrected chi connectivity index (χ2v) is 3.92. The van der Waals surface area contributed by atoms with Crippen molar-refractivity contribution in [3.63, 3.8) is 0 Å². The van der Waals surface area contributed by atoms with Crippen LogP contribution in [0.1, 0.15) is 5.69 Å². The molecule has 19 heavy (non-hydrogen) atoms. The Morgan fingerprint density at radius 3 is 2.53 bits per heavy atom. The van der Waals surface area contributed by atoms with E-state index in [1.54, 1.807) is 38.3 Å². The van der Waals surface area contributed by atoms with Crippen molar-refractivity contribution in [3.05, 3.63) is 36.2 Å². The molecule has 0 atom stereocenters. The summed E-state index contributed by atoms with van der Waals surface area (Å²) in [5.74, 6) is 0.970. The Morgan fingerprint density at radius 1 is 1.32 bits per heavy atom. The highest BCUT2D eigenvalue weighted by Crippen LogP contribution is 2.26. The SMILES string of the molecule is COc1ccc(Oc2cnn(CC(=O)O)c2C)cc1. The molecule has 2 aromatic rings. The number of ether oxygens (including phenoxy) is 2. The molecule has 0 aliphatic carbocycles. The second kappa shape index (κ2) is 5.43. The van der Waals surface area contributed by atoms with E-state index in [9.17, 15) is 4.79 Å². The molecule has 100 valence electrons. The number of aromatic nitrogens is 2. The third-order valence-corrected chi connectivity index (χ3v) is 2.63. The lowest BCUT2D eigenvalue weighted by molar-refractivity contribution is -0.137. The molecule has 0 saturated carbocycles. The van der Waals surface area contributed by atoms with Gasteiger partial charge >= 0.3 is 5.97 Å². The molecule has 1 aromatic heterocycles. The Morgan fingerprint density at radius 2 is 1.95 bits per heavy atom. The maximum absolute atomic E-state index is 10.6. The number of carbonyl (C=O) groups is 1. The van der Waals surface area contributed by atoms with Crippen molar-refractivity contribution < 1.29 is 19.4 Å². The van der Waals surface area contributed by atoms with Gasteiger partial charge in [-0.1, -0.05) is 0 Å². The minimum Gasteiger partial charge on any atom is -0.497 e. The van der Waals surface area contributed by atoms with Crippen LogP contribution in [0.2, 0.25) is 0 Å². The van der Waals surface area contributed by atoms with Crippen molar-refractivity contribution in [1.82, 2.24) is 9.78 Å². The van der Waals surface area contributed by atoms with E-state index in [0.29, 0.717) is 17.2 Å². The zero-order valence-electron chi connectivity index (χ0n) is 10.7. The molecule has 6 nitrogen and oxygen atoms in total. The van der Waals surface area contributed by atoms with Gasteiger partial charge < -0.3 is 14.6 Å². The van der Waals surface area contributed by atoms with Crippen molar-refractivity contribution in [2.45, 2.75) is 13.5 Å². The first-order valence-electron chi connectivity index (χ1n) is 5.66. The third kappa shape index (κ3) is 3.04. The van der Waals surface area contributed by atoms with Crippen LogP contribution in [0.5, 0.6) is 17.2 Å². The van der Waals surface area contributed by atoms with Crippen LogP contribution in [0.15, 0.2) is 30.5 Å². The van der Waals surface area contributed by atoms with Crippen molar-refractivity contribution >= 4 is 5.97 Å². The second-order valence-electron chi connectivity index (χ2n) is 3.92. The number of carboxylic acid groups (broad SMARTS) is 1. The summed E-state index contributed by atoms with van der Waals surface area (Å²) in [6.45, 7) is 1.58. The van der Waals surface area contributed by atoms with Gasteiger partial charge in [0.15, 0.2) is 5.75 Å². The van der Waals surface area contributed by atoms with Gasteiger partial charge in [0.05, 0.1) is 19.0 Å². The zero-order chi connectivity index (χ0) is 13.8. The average molecular weight is 262 g/mol. The van der Waals surface area contributed by atoms with Crippen LogP contribution in [-0.2, 0) is 11.3 Å². The third-order valence-electron chi connectivity index (χ3n) is 2.63. The summed E-state index contributed by atoms with van der Waals surface area (Å²) in [5, 5.41) is 12.7. The summed E-state index contributed by atoms with van der Waals surface area (Å²) in [5.41, 5.74) is 0.665. The summed E-state index contributed by atoms with van der Waals surface area (Å²) in [7, 11) is 1.59. The van der Waals surface area contributed by atoms with E-state index in [1.165, 1.54) is 10.9 Å². The fourth-order valence-electron chi connectivity index (χ4n) is 1.59. The lowest BCUT2D eigenvalue weighted by Crippen LogP contribution is -2.11. The molecule has 0 bridgehead atoms. The predicted molar refractivity (Wildman–Crippen MR) is 67.7 cm³/mol. The van der Waals surface area contributed by atoms with E-state index in [-0.39, 0.29) is 6.54 Å². The van der Waals surface area contributed by atoms with Gasteiger partial charge in [0.2, 0.25) is 0 Å². The van der Waals surface area contributed by atoms with Gasteiger partial charge in [-0.25, -0.2) is 0 Å². The number of methoxy groups -OCH3 is 1. The first-order valence-corrected chi connectivity index (χ1v) is 5.66. The van der Waals surface area contributed by atoms with Crippen molar-refractivity contribution in [1.29, 1.82) is 0 Å². The van der Waals surface area contributed by atoms with Gasteiger partial charge in [-0.3, -0.25) is 9.48 Å². The van der Waals surface area contributed by atoms with Crippen LogP contribution >= 0.6 is 0 Å². The molecule has 0 amide bonds. The molecule has 0 unspecified atom stereocenters. The minimum absolute atomic E-state index is 0.183. The van der Waals surface area contributed by atoms with Gasteiger partial charge in [0, 0.05) is 0 Å². The fourth-order valence-corrected chi connectivity index (χ4v) is 1.59. The molecule has 0 saturated heterocycles. The Bertz CT molecular complexity index is 575. The van der Waals surface area contributed by atoms with Crippen LogP contribution in [0.25, 0.3) is 0 Å². The van der Waals surface area contributed by atoms with Gasteiger partial charge in [-0.2, -0.15) is 5.10 Å². The minimum atomic E-state index is -0.942. The molecule has 0 aliphatic heterocycles. The standard InChI is InChI=1S/C13H14N2O4/c1-9-12(7-14-15(9)8-13(16)17)19-11-5-3-10(18-2)4-6-11/h3-7H,8H2,1-2H3,(H,16,17). The molecule has 1 aromatic carbocycles. The molecule has 1 N–H and O–H groups in total. The average Bonchev–Trinajstić information content (AvgIpc) is 2.72. The van der Waals surface area contributed by atoms with Crippen LogP contribution in [-0.4, -0.2) is 28.0 Å². The molecule has 2 rings (SSSR count). The van der Waals surface area contributed by atoms with E-state index in [2.05, 4.69) is 5.10 Å². The first kappa shape index (κ1) is 12.9.